The number of likely N-dealkylation sites (tertiary alicyclic amines) is 1. The fourth-order valence-corrected chi connectivity index (χ4v) is 2.79. The number of carboxylic acids is 1. The Morgan fingerprint density at radius 3 is 2.48 bits per heavy atom. The van der Waals surface area contributed by atoms with Crippen LogP contribution in [0.1, 0.15) is 31.7 Å². The fraction of sp³-hybridized carbons (Fsp3) is 0.500. The van der Waals surface area contributed by atoms with E-state index in [4.69, 9.17) is 5.11 Å². The first-order valence-electron chi connectivity index (χ1n) is 7.14. The predicted molar refractivity (Wildman–Crippen MR) is 76.3 cm³/mol. The van der Waals surface area contributed by atoms with Gasteiger partial charge in [-0.1, -0.05) is 26.0 Å². The van der Waals surface area contributed by atoms with Crippen molar-refractivity contribution in [3.63, 3.8) is 0 Å². The maximum Gasteiger partial charge on any atom is 0.308 e. The Hall–Kier alpha value is -1.91. The van der Waals surface area contributed by atoms with Gasteiger partial charge in [-0.3, -0.25) is 9.59 Å². The van der Waals surface area contributed by atoms with Crippen molar-refractivity contribution in [1.82, 2.24) is 4.90 Å². The molecule has 1 N–H and O–H groups in total. The van der Waals surface area contributed by atoms with Gasteiger partial charge in [0.25, 0.3) is 0 Å². The van der Waals surface area contributed by atoms with E-state index in [0.717, 1.165) is 5.56 Å². The van der Waals surface area contributed by atoms with Crippen molar-refractivity contribution in [2.24, 2.45) is 11.8 Å². The lowest BCUT2D eigenvalue weighted by molar-refractivity contribution is -0.142. The zero-order chi connectivity index (χ0) is 15.6. The van der Waals surface area contributed by atoms with Gasteiger partial charge in [-0.25, -0.2) is 4.39 Å². The molecular weight excluding hydrogens is 273 g/mol. The molecule has 1 fully saturated rings. The number of hydrogen-bond donors (Lipinski definition) is 1. The summed E-state index contributed by atoms with van der Waals surface area (Å²) in [5.74, 6) is -1.69. The standard InChI is InChI=1S/C16H20FNO3/c1-10(12-3-5-13(17)6-4-12)7-15(19)18-8-11(2)14(9-18)16(20)21/h3-6,10-11,14H,7-9H2,1-2H3,(H,20,21)/t10?,11-,14-/m1/s1. The topological polar surface area (TPSA) is 57.6 Å². The minimum absolute atomic E-state index is 0.0164. The highest BCUT2D eigenvalue weighted by atomic mass is 19.1. The molecule has 1 saturated heterocycles. The van der Waals surface area contributed by atoms with E-state index in [1.54, 1.807) is 17.0 Å². The lowest BCUT2D eigenvalue weighted by Crippen LogP contribution is -2.30. The second kappa shape index (κ2) is 6.24. The molecule has 0 bridgehead atoms. The van der Waals surface area contributed by atoms with Crippen LogP contribution in [0.15, 0.2) is 24.3 Å². The van der Waals surface area contributed by atoms with Gasteiger partial charge in [0.2, 0.25) is 5.91 Å². The van der Waals surface area contributed by atoms with E-state index in [1.807, 2.05) is 13.8 Å². The van der Waals surface area contributed by atoms with Gasteiger partial charge < -0.3 is 10.0 Å². The number of aliphatic carboxylic acids is 1. The number of amides is 1. The average molecular weight is 293 g/mol. The van der Waals surface area contributed by atoms with Gasteiger partial charge >= 0.3 is 5.97 Å². The first-order chi connectivity index (χ1) is 9.88. The summed E-state index contributed by atoms with van der Waals surface area (Å²) in [6.45, 7) is 4.55. The predicted octanol–water partition coefficient (Wildman–Crippen LogP) is 2.50. The lowest BCUT2D eigenvalue weighted by Gasteiger charge is -2.19. The molecule has 0 aliphatic carbocycles. The number of carboxylic acid groups (broad SMARTS) is 1. The monoisotopic (exact) mass is 293 g/mol. The van der Waals surface area contributed by atoms with Crippen LogP contribution in [0, 0.1) is 17.7 Å². The van der Waals surface area contributed by atoms with E-state index >= 15 is 0 Å². The van der Waals surface area contributed by atoms with E-state index in [2.05, 4.69) is 0 Å². The molecule has 21 heavy (non-hydrogen) atoms. The van der Waals surface area contributed by atoms with Crippen LogP contribution in [0.3, 0.4) is 0 Å². The fourth-order valence-electron chi connectivity index (χ4n) is 2.79. The third-order valence-electron chi connectivity index (χ3n) is 4.20. The molecule has 0 spiro atoms. The highest BCUT2D eigenvalue weighted by Gasteiger charge is 2.37. The highest BCUT2D eigenvalue weighted by Crippen LogP contribution is 2.26. The molecule has 1 unspecified atom stereocenters. The Morgan fingerprint density at radius 1 is 1.33 bits per heavy atom. The van der Waals surface area contributed by atoms with Crippen molar-refractivity contribution in [3.8, 4) is 0 Å². The van der Waals surface area contributed by atoms with E-state index in [0.29, 0.717) is 13.0 Å². The minimum Gasteiger partial charge on any atom is -0.481 e. The normalized spacial score (nSPS) is 23.1. The van der Waals surface area contributed by atoms with Crippen molar-refractivity contribution in [3.05, 3.63) is 35.6 Å². The molecule has 1 amide bonds. The molecule has 1 aliphatic heterocycles. The maximum atomic E-state index is 12.9. The molecule has 2 rings (SSSR count). The second-order valence-electron chi connectivity index (χ2n) is 5.88. The zero-order valence-corrected chi connectivity index (χ0v) is 12.3. The van der Waals surface area contributed by atoms with Gasteiger partial charge in [0.05, 0.1) is 5.92 Å². The van der Waals surface area contributed by atoms with Crippen molar-refractivity contribution >= 4 is 11.9 Å². The average Bonchev–Trinajstić information content (AvgIpc) is 2.81. The van der Waals surface area contributed by atoms with Crippen LogP contribution in [0.4, 0.5) is 4.39 Å². The van der Waals surface area contributed by atoms with E-state index in [-0.39, 0.29) is 30.1 Å². The van der Waals surface area contributed by atoms with Crippen molar-refractivity contribution in [2.45, 2.75) is 26.2 Å². The molecule has 1 heterocycles. The van der Waals surface area contributed by atoms with Crippen LogP contribution in [0.5, 0.6) is 0 Å². The third-order valence-corrected chi connectivity index (χ3v) is 4.20. The van der Waals surface area contributed by atoms with Gasteiger partial charge in [0, 0.05) is 19.5 Å². The maximum absolute atomic E-state index is 12.9. The summed E-state index contributed by atoms with van der Waals surface area (Å²) in [6, 6.07) is 6.13. The van der Waals surface area contributed by atoms with E-state index < -0.39 is 11.9 Å². The number of carbonyl (C=O) groups is 2. The van der Waals surface area contributed by atoms with Crippen LogP contribution in [0.2, 0.25) is 0 Å². The Bertz CT molecular complexity index is 529. The van der Waals surface area contributed by atoms with Gasteiger partial charge in [-0.05, 0) is 29.5 Å². The summed E-state index contributed by atoms with van der Waals surface area (Å²) in [7, 11) is 0. The minimum atomic E-state index is -0.843. The lowest BCUT2D eigenvalue weighted by atomic mass is 9.97. The van der Waals surface area contributed by atoms with Gasteiger partial charge in [0.1, 0.15) is 5.82 Å². The molecule has 5 heteroatoms. The summed E-state index contributed by atoms with van der Waals surface area (Å²) >= 11 is 0. The number of benzene rings is 1. The largest absolute Gasteiger partial charge is 0.481 e. The van der Waals surface area contributed by atoms with E-state index in [1.165, 1.54) is 12.1 Å². The summed E-state index contributed by atoms with van der Waals surface area (Å²) in [6.07, 6.45) is 0.310. The molecule has 4 nitrogen and oxygen atoms in total. The Balaban J connectivity index is 1.95. The first kappa shape index (κ1) is 15.5. The molecule has 114 valence electrons. The number of carbonyl (C=O) groups excluding carboxylic acids is 1. The smallest absolute Gasteiger partial charge is 0.308 e. The van der Waals surface area contributed by atoms with Crippen LogP contribution in [0.25, 0.3) is 0 Å². The van der Waals surface area contributed by atoms with Crippen molar-refractivity contribution < 1.29 is 19.1 Å². The van der Waals surface area contributed by atoms with Crippen LogP contribution in [-0.4, -0.2) is 35.0 Å². The van der Waals surface area contributed by atoms with E-state index in [9.17, 15) is 14.0 Å². The molecule has 0 aromatic heterocycles. The first-order valence-corrected chi connectivity index (χ1v) is 7.14. The van der Waals surface area contributed by atoms with Gasteiger partial charge in [-0.15, -0.1) is 0 Å². The zero-order valence-electron chi connectivity index (χ0n) is 12.3. The number of nitrogens with zero attached hydrogens (tertiary/aromatic N) is 1. The number of rotatable bonds is 4. The van der Waals surface area contributed by atoms with Crippen LogP contribution < -0.4 is 0 Å². The molecule has 1 aromatic rings. The quantitative estimate of drug-likeness (QED) is 0.928. The second-order valence-corrected chi connectivity index (χ2v) is 5.88. The van der Waals surface area contributed by atoms with Crippen molar-refractivity contribution in [2.75, 3.05) is 13.1 Å². The molecule has 1 aliphatic rings. The molecule has 3 atom stereocenters. The van der Waals surface area contributed by atoms with Crippen LogP contribution >= 0.6 is 0 Å². The molecule has 0 saturated carbocycles. The van der Waals surface area contributed by atoms with Crippen LogP contribution in [-0.2, 0) is 9.59 Å². The molecular formula is C16H20FNO3. The molecule has 0 radical (unpaired) electrons. The Kier molecular flexibility index (Phi) is 4.60. The summed E-state index contributed by atoms with van der Waals surface area (Å²) in [5.41, 5.74) is 0.909. The summed E-state index contributed by atoms with van der Waals surface area (Å²) < 4.78 is 12.9. The third kappa shape index (κ3) is 3.60. The Morgan fingerprint density at radius 2 is 1.95 bits per heavy atom. The number of halogens is 1. The van der Waals surface area contributed by atoms with Crippen molar-refractivity contribution in [1.29, 1.82) is 0 Å². The van der Waals surface area contributed by atoms with Gasteiger partial charge in [0.15, 0.2) is 0 Å². The summed E-state index contributed by atoms with van der Waals surface area (Å²) in [5, 5.41) is 9.10. The highest BCUT2D eigenvalue weighted by molar-refractivity contribution is 5.79. The molecule has 1 aromatic carbocycles. The summed E-state index contributed by atoms with van der Waals surface area (Å²) in [4.78, 5) is 25.0. The van der Waals surface area contributed by atoms with Gasteiger partial charge in [-0.2, -0.15) is 0 Å². The SMILES string of the molecule is CC(CC(=O)N1C[C@@H](C)[C@H](C(=O)O)C1)c1ccc(F)cc1. The number of hydrogen-bond acceptors (Lipinski definition) is 2. The Labute approximate surface area is 123 Å².